The van der Waals surface area contributed by atoms with Gasteiger partial charge in [0, 0.05) is 31.0 Å². The average Bonchev–Trinajstić information content (AvgIpc) is 2.87. The zero-order chi connectivity index (χ0) is 26.7. The average molecular weight is 501 g/mol. The molecule has 0 aliphatic carbocycles. The molecule has 0 aliphatic rings. The van der Waals surface area contributed by atoms with Crippen molar-refractivity contribution in [1.29, 1.82) is 5.26 Å². The molecule has 4 aromatic rings. The van der Waals surface area contributed by atoms with Crippen LogP contribution in [-0.2, 0) is 11.3 Å². The molecule has 1 amide bonds. The third-order valence-corrected chi connectivity index (χ3v) is 5.83. The van der Waals surface area contributed by atoms with Gasteiger partial charge >= 0.3 is 0 Å². The number of aromatic nitrogens is 3. The lowest BCUT2D eigenvalue weighted by Crippen LogP contribution is -2.30. The Morgan fingerprint density at radius 2 is 2.05 bits per heavy atom. The summed E-state index contributed by atoms with van der Waals surface area (Å²) in [6.45, 7) is 5.95. The largest absolute Gasteiger partial charge is 0.379 e. The van der Waals surface area contributed by atoms with Gasteiger partial charge in [-0.2, -0.15) is 10.3 Å². The van der Waals surface area contributed by atoms with Crippen molar-refractivity contribution in [2.24, 2.45) is 4.99 Å². The number of ether oxygens (including phenoxy) is 1. The third kappa shape index (κ3) is 5.00. The highest BCUT2D eigenvalue weighted by Crippen LogP contribution is 2.21. The normalized spacial score (nSPS) is 11.8. The van der Waals surface area contributed by atoms with Gasteiger partial charge in [0.1, 0.15) is 17.4 Å². The van der Waals surface area contributed by atoms with Crippen molar-refractivity contribution >= 4 is 28.3 Å². The second-order valence-electron chi connectivity index (χ2n) is 8.63. The summed E-state index contributed by atoms with van der Waals surface area (Å²) < 4.78 is 8.59. The van der Waals surface area contributed by atoms with E-state index in [2.05, 4.69) is 9.98 Å². The van der Waals surface area contributed by atoms with Crippen molar-refractivity contribution in [2.45, 2.75) is 39.8 Å². The number of pyridine rings is 2. The lowest BCUT2D eigenvalue weighted by atomic mass is 10.1. The number of nitriles is 1. The van der Waals surface area contributed by atoms with E-state index in [1.165, 1.54) is 35.6 Å². The van der Waals surface area contributed by atoms with Crippen molar-refractivity contribution < 1.29 is 14.5 Å². The lowest BCUT2D eigenvalue weighted by Gasteiger charge is -2.14. The highest BCUT2D eigenvalue weighted by molar-refractivity contribution is 5.97. The van der Waals surface area contributed by atoms with E-state index in [0.717, 1.165) is 0 Å². The maximum absolute atomic E-state index is 13.2. The third-order valence-electron chi connectivity index (χ3n) is 5.83. The van der Waals surface area contributed by atoms with Gasteiger partial charge in [0.2, 0.25) is 0 Å². The van der Waals surface area contributed by atoms with Crippen molar-refractivity contribution in [3.05, 3.63) is 91.3 Å². The van der Waals surface area contributed by atoms with E-state index in [0.29, 0.717) is 18.7 Å². The number of hydrogen-bond acceptors (Lipinski definition) is 7. The van der Waals surface area contributed by atoms with Crippen LogP contribution in [0.25, 0.3) is 16.7 Å². The Morgan fingerprint density at radius 3 is 2.76 bits per heavy atom. The second-order valence-corrected chi connectivity index (χ2v) is 8.63. The summed E-state index contributed by atoms with van der Waals surface area (Å²) >= 11 is 0. The quantitative estimate of drug-likeness (QED) is 0.164. The second kappa shape index (κ2) is 10.5. The molecular weight excluding hydrogens is 476 g/mol. The molecule has 0 atom stereocenters. The number of nitrogens with zero attached hydrogens (tertiary/aromatic N) is 6. The van der Waals surface area contributed by atoms with Gasteiger partial charge in [0.15, 0.2) is 5.49 Å². The number of amides is 1. The minimum Gasteiger partial charge on any atom is -0.379 e. The summed E-state index contributed by atoms with van der Waals surface area (Å²) in [5.74, 6) is -0.748. The summed E-state index contributed by atoms with van der Waals surface area (Å²) in [6.07, 6.45) is 2.10. The number of nitro groups is 1. The van der Waals surface area contributed by atoms with Gasteiger partial charge in [-0.15, -0.1) is 0 Å². The number of carbonyl (C=O) groups is 1. The first-order valence-corrected chi connectivity index (χ1v) is 11.6. The van der Waals surface area contributed by atoms with Crippen molar-refractivity contribution in [3.8, 4) is 6.07 Å². The summed E-state index contributed by atoms with van der Waals surface area (Å²) in [7, 11) is 0. The summed E-state index contributed by atoms with van der Waals surface area (Å²) in [5, 5.41) is 21.5. The van der Waals surface area contributed by atoms with E-state index < -0.39 is 10.8 Å². The minimum absolute atomic E-state index is 0.00323. The minimum atomic E-state index is -0.748. The molecule has 0 aliphatic heterocycles. The highest BCUT2D eigenvalue weighted by atomic mass is 16.6. The first kappa shape index (κ1) is 25.4. The maximum Gasteiger partial charge on any atom is 0.279 e. The Hall–Kier alpha value is -4.69. The molecule has 0 N–H and O–H groups in total. The van der Waals surface area contributed by atoms with Crippen LogP contribution in [-0.4, -0.2) is 37.5 Å². The molecule has 0 bridgehead atoms. The summed E-state index contributed by atoms with van der Waals surface area (Å²) in [4.78, 5) is 46.1. The van der Waals surface area contributed by atoms with Crippen LogP contribution in [0.4, 0.5) is 5.69 Å². The van der Waals surface area contributed by atoms with Gasteiger partial charge < -0.3 is 9.30 Å². The monoisotopic (exact) mass is 500 g/mol. The van der Waals surface area contributed by atoms with Gasteiger partial charge in [0.25, 0.3) is 17.2 Å². The Kier molecular flexibility index (Phi) is 7.22. The molecule has 1 aromatic carbocycles. The fourth-order valence-electron chi connectivity index (χ4n) is 4.04. The summed E-state index contributed by atoms with van der Waals surface area (Å²) in [5.41, 5.74) is 0.313. The Bertz CT molecular complexity index is 1710. The van der Waals surface area contributed by atoms with Crippen LogP contribution in [0.2, 0.25) is 0 Å². The molecule has 0 radical (unpaired) electrons. The fourth-order valence-corrected chi connectivity index (χ4v) is 4.04. The van der Waals surface area contributed by atoms with E-state index in [1.54, 1.807) is 29.0 Å². The zero-order valence-corrected chi connectivity index (χ0v) is 20.5. The highest BCUT2D eigenvalue weighted by Gasteiger charge is 2.19. The summed E-state index contributed by atoms with van der Waals surface area (Å²) in [6, 6.07) is 12.7. The Labute approximate surface area is 211 Å². The van der Waals surface area contributed by atoms with Gasteiger partial charge in [-0.25, -0.2) is 4.98 Å². The number of hydrogen-bond donors (Lipinski definition) is 0. The molecule has 0 spiro atoms. The lowest BCUT2D eigenvalue weighted by molar-refractivity contribution is -0.385. The number of benzene rings is 1. The van der Waals surface area contributed by atoms with Crippen molar-refractivity contribution in [2.75, 3.05) is 6.61 Å². The molecule has 0 fully saturated rings. The smallest absolute Gasteiger partial charge is 0.279 e. The molecule has 3 heterocycles. The van der Waals surface area contributed by atoms with Gasteiger partial charge in [-0.1, -0.05) is 12.1 Å². The first-order chi connectivity index (χ1) is 17.7. The number of fused-ring (bicyclic) bond motifs is 2. The standard InChI is InChI=1S/C26H24N6O5/c1-16(2)37-13-7-12-31-23(29-25(33)19-8-6-9-21(17(19)3)32(35)36)18(15-27)14-20-24(31)28-22-10-4-5-11-30(22)26(20)34/h4-6,8-11,14,16H,7,12-13H2,1-3H3. The number of nitro benzene ring substituents is 1. The predicted octanol–water partition coefficient (Wildman–Crippen LogP) is 3.29. The van der Waals surface area contributed by atoms with Crippen LogP contribution in [0, 0.1) is 28.4 Å². The molecule has 0 unspecified atom stereocenters. The van der Waals surface area contributed by atoms with Crippen LogP contribution >= 0.6 is 0 Å². The van der Waals surface area contributed by atoms with Crippen LogP contribution in [0.3, 0.4) is 0 Å². The molecule has 4 rings (SSSR count). The van der Waals surface area contributed by atoms with Crippen molar-refractivity contribution in [1.82, 2.24) is 14.0 Å². The topological polar surface area (TPSA) is 145 Å². The Morgan fingerprint density at radius 1 is 1.27 bits per heavy atom. The van der Waals surface area contributed by atoms with Gasteiger partial charge in [-0.05, 0) is 51.5 Å². The van der Waals surface area contributed by atoms with Crippen LogP contribution in [0.15, 0.2) is 58.4 Å². The van der Waals surface area contributed by atoms with E-state index in [-0.39, 0.29) is 57.1 Å². The fraction of sp³-hybridized carbons (Fsp3) is 0.269. The van der Waals surface area contributed by atoms with Crippen LogP contribution in [0.1, 0.15) is 41.8 Å². The molecule has 188 valence electrons. The van der Waals surface area contributed by atoms with Gasteiger partial charge in [-0.3, -0.25) is 24.1 Å². The molecule has 11 nitrogen and oxygen atoms in total. The molecule has 0 saturated carbocycles. The van der Waals surface area contributed by atoms with E-state index in [9.17, 15) is 25.0 Å². The molecule has 11 heteroatoms. The molecule has 37 heavy (non-hydrogen) atoms. The van der Waals surface area contributed by atoms with E-state index >= 15 is 0 Å². The zero-order valence-electron chi connectivity index (χ0n) is 20.5. The maximum atomic E-state index is 13.2. The van der Waals surface area contributed by atoms with Gasteiger partial charge in [0.05, 0.1) is 27.5 Å². The number of aryl methyl sites for hydroxylation is 1. The van der Waals surface area contributed by atoms with E-state index in [1.807, 2.05) is 19.9 Å². The molecule has 3 aromatic heterocycles. The van der Waals surface area contributed by atoms with Crippen LogP contribution in [0.5, 0.6) is 0 Å². The predicted molar refractivity (Wildman–Crippen MR) is 135 cm³/mol. The Balaban J connectivity index is 1.99. The van der Waals surface area contributed by atoms with E-state index in [4.69, 9.17) is 4.74 Å². The number of rotatable bonds is 7. The SMILES string of the molecule is Cc1c(C(=O)N=c2c(C#N)cc3c(=O)n4ccccc4nc3n2CCCOC(C)C)cccc1[N+](=O)[O-]. The molecular formula is C26H24N6O5. The number of carbonyl (C=O) groups excluding carboxylic acids is 1. The first-order valence-electron chi connectivity index (χ1n) is 11.6. The molecule has 0 saturated heterocycles. The van der Waals surface area contributed by atoms with Crippen LogP contribution < -0.4 is 11.0 Å². The van der Waals surface area contributed by atoms with Crippen molar-refractivity contribution in [3.63, 3.8) is 0 Å².